The molecule has 1 heterocycles. The maximum atomic E-state index is 13.3. The third kappa shape index (κ3) is 6.10. The van der Waals surface area contributed by atoms with Crippen LogP contribution in [0.25, 0.3) is 11.1 Å². The molecule has 198 valence electrons. The minimum absolute atomic E-state index is 0.276. The summed E-state index contributed by atoms with van der Waals surface area (Å²) in [6, 6.07) is 33.6. The van der Waals surface area contributed by atoms with Gasteiger partial charge in [0, 0.05) is 17.8 Å². The van der Waals surface area contributed by atoms with Crippen molar-refractivity contribution in [3.05, 3.63) is 126 Å². The Labute approximate surface area is 229 Å². The van der Waals surface area contributed by atoms with Gasteiger partial charge in [0.05, 0.1) is 0 Å². The van der Waals surface area contributed by atoms with Crippen molar-refractivity contribution >= 4 is 27.3 Å². The molecule has 7 heteroatoms. The molecule has 2 amide bonds. The van der Waals surface area contributed by atoms with Gasteiger partial charge in [0.2, 0.25) is 5.91 Å². The van der Waals surface area contributed by atoms with Crippen molar-refractivity contribution in [2.24, 2.45) is 0 Å². The second-order valence-corrected chi connectivity index (χ2v) is 11.7. The lowest BCUT2D eigenvalue weighted by Crippen LogP contribution is -2.30. The summed E-state index contributed by atoms with van der Waals surface area (Å²) in [5, 5.41) is 1.77. The maximum absolute atomic E-state index is 13.3. The summed E-state index contributed by atoms with van der Waals surface area (Å²) in [6.45, 7) is 0.507. The predicted octanol–water partition coefficient (Wildman–Crippen LogP) is 5.57. The number of para-hydroxylation sites is 1. The van der Waals surface area contributed by atoms with Crippen LogP contribution in [0, 0.1) is 0 Å². The fourth-order valence-corrected chi connectivity index (χ4v) is 6.71. The van der Waals surface area contributed by atoms with E-state index in [0.29, 0.717) is 28.9 Å². The number of carbonyl (C=O) groups is 2. The Kier molecular flexibility index (Phi) is 7.89. The number of nitrogens with one attached hydrogen (secondary N) is 1. The predicted molar refractivity (Wildman–Crippen MR) is 154 cm³/mol. The average molecular weight is 539 g/mol. The molecule has 4 aromatic carbocycles. The van der Waals surface area contributed by atoms with Crippen LogP contribution in [0.15, 0.2) is 109 Å². The Morgan fingerprint density at radius 1 is 0.795 bits per heavy atom. The second kappa shape index (κ2) is 11.7. The van der Waals surface area contributed by atoms with Gasteiger partial charge in [-0.15, -0.1) is 0 Å². The number of benzene rings is 4. The van der Waals surface area contributed by atoms with E-state index in [4.69, 9.17) is 0 Å². The largest absolute Gasteiger partial charge is 0.352 e. The Balaban J connectivity index is 1.43. The first kappa shape index (κ1) is 26.4. The molecule has 1 unspecified atom stereocenters. The molecule has 5 rings (SSSR count). The van der Waals surface area contributed by atoms with Crippen molar-refractivity contribution in [2.45, 2.75) is 24.6 Å². The van der Waals surface area contributed by atoms with Crippen LogP contribution in [-0.4, -0.2) is 32.5 Å². The van der Waals surface area contributed by atoms with Gasteiger partial charge in [-0.25, -0.2) is 8.42 Å². The molecule has 0 radical (unpaired) electrons. The van der Waals surface area contributed by atoms with Crippen LogP contribution in [0.1, 0.15) is 39.7 Å². The number of hydrogen-bond donors (Lipinski definition) is 1. The van der Waals surface area contributed by atoms with Crippen molar-refractivity contribution < 1.29 is 18.0 Å². The van der Waals surface area contributed by atoms with E-state index in [1.54, 1.807) is 42.5 Å². The Bertz CT molecular complexity index is 1560. The summed E-state index contributed by atoms with van der Waals surface area (Å²) in [4.78, 5) is 27.5. The fourth-order valence-electron chi connectivity index (χ4n) is 4.96. The molecular formula is C32H30N2O4S. The maximum Gasteiger partial charge on any atom is 0.251 e. The Morgan fingerprint density at radius 3 is 2.13 bits per heavy atom. The Morgan fingerprint density at radius 2 is 1.44 bits per heavy atom. The number of rotatable bonds is 9. The molecule has 4 aromatic rings. The summed E-state index contributed by atoms with van der Waals surface area (Å²) < 4.78 is 26.6. The fraction of sp³-hybridized carbons (Fsp3) is 0.188. The van der Waals surface area contributed by atoms with E-state index in [0.717, 1.165) is 24.8 Å². The molecule has 1 aliphatic heterocycles. The van der Waals surface area contributed by atoms with Gasteiger partial charge < -0.3 is 5.32 Å². The molecule has 0 aromatic heterocycles. The number of nitrogens with zero attached hydrogens (tertiary/aromatic N) is 1. The number of aryl methyl sites for hydroxylation is 1. The van der Waals surface area contributed by atoms with Gasteiger partial charge >= 0.3 is 0 Å². The minimum Gasteiger partial charge on any atom is -0.352 e. The van der Waals surface area contributed by atoms with Crippen LogP contribution in [0.3, 0.4) is 0 Å². The first-order valence-electron chi connectivity index (χ1n) is 13.0. The van der Waals surface area contributed by atoms with E-state index in [-0.39, 0.29) is 5.91 Å². The lowest BCUT2D eigenvalue weighted by atomic mass is 9.98. The molecule has 1 aliphatic rings. The topological polar surface area (TPSA) is 83.6 Å². The average Bonchev–Trinajstić information content (AvgIpc) is 3.21. The number of carbonyl (C=O) groups excluding carboxylic acids is 2. The van der Waals surface area contributed by atoms with Crippen LogP contribution >= 0.6 is 0 Å². The molecule has 1 atom stereocenters. The van der Waals surface area contributed by atoms with Gasteiger partial charge in [-0.3, -0.25) is 14.5 Å². The van der Waals surface area contributed by atoms with E-state index in [1.807, 2.05) is 54.6 Å². The zero-order chi connectivity index (χ0) is 27.2. The quantitative estimate of drug-likeness (QED) is 0.283. The van der Waals surface area contributed by atoms with Crippen molar-refractivity contribution in [1.82, 2.24) is 5.32 Å². The van der Waals surface area contributed by atoms with Gasteiger partial charge in [-0.1, -0.05) is 78.9 Å². The molecule has 0 saturated carbocycles. The van der Waals surface area contributed by atoms with Gasteiger partial charge in [-0.05, 0) is 71.8 Å². The van der Waals surface area contributed by atoms with E-state index < -0.39 is 26.9 Å². The summed E-state index contributed by atoms with van der Waals surface area (Å²) >= 11 is 0. The van der Waals surface area contributed by atoms with Crippen LogP contribution in [0.2, 0.25) is 0 Å². The lowest BCUT2D eigenvalue weighted by Gasteiger charge is -2.25. The third-order valence-electron chi connectivity index (χ3n) is 6.83. The molecule has 0 bridgehead atoms. The van der Waals surface area contributed by atoms with Crippen LogP contribution < -0.4 is 10.2 Å². The van der Waals surface area contributed by atoms with Crippen molar-refractivity contribution in [3.63, 3.8) is 0 Å². The molecule has 1 fully saturated rings. The first-order chi connectivity index (χ1) is 18.9. The highest BCUT2D eigenvalue weighted by atomic mass is 32.2. The van der Waals surface area contributed by atoms with E-state index in [2.05, 4.69) is 17.4 Å². The number of hydrogen-bond acceptors (Lipinski definition) is 4. The normalized spacial score (nSPS) is 16.3. The van der Waals surface area contributed by atoms with Gasteiger partial charge in [-0.2, -0.15) is 0 Å². The van der Waals surface area contributed by atoms with Crippen molar-refractivity contribution in [2.75, 3.05) is 17.2 Å². The van der Waals surface area contributed by atoms with Gasteiger partial charge in [0.1, 0.15) is 5.75 Å². The van der Waals surface area contributed by atoms with Crippen molar-refractivity contribution in [1.29, 1.82) is 0 Å². The van der Waals surface area contributed by atoms with E-state index >= 15 is 0 Å². The molecule has 1 saturated heterocycles. The molecule has 0 spiro atoms. The first-order valence-corrected chi connectivity index (χ1v) is 14.8. The number of amides is 2. The second-order valence-electron chi connectivity index (χ2n) is 9.67. The molecular weight excluding hydrogens is 508 g/mol. The summed E-state index contributed by atoms with van der Waals surface area (Å²) in [7, 11) is -3.83. The summed E-state index contributed by atoms with van der Waals surface area (Å²) in [6.07, 6.45) is 2.69. The lowest BCUT2D eigenvalue weighted by molar-refractivity contribution is -0.115. The number of unbranched alkanes of at least 4 members (excludes halogenated alkanes) is 1. The van der Waals surface area contributed by atoms with E-state index in [9.17, 15) is 18.0 Å². The number of sulfone groups is 1. The van der Waals surface area contributed by atoms with Crippen LogP contribution in [0.5, 0.6) is 0 Å². The smallest absolute Gasteiger partial charge is 0.251 e. The van der Waals surface area contributed by atoms with Gasteiger partial charge in [0.25, 0.3) is 5.91 Å². The third-order valence-corrected chi connectivity index (χ3v) is 8.65. The highest BCUT2D eigenvalue weighted by molar-refractivity contribution is 7.93. The minimum atomic E-state index is -3.83. The number of anilines is 1. The summed E-state index contributed by atoms with van der Waals surface area (Å²) in [5.41, 5.74) is 4.08. The van der Waals surface area contributed by atoms with Gasteiger partial charge in [0.15, 0.2) is 15.2 Å². The highest BCUT2D eigenvalue weighted by Gasteiger charge is 2.46. The Hall–Kier alpha value is -4.23. The molecule has 6 nitrogen and oxygen atoms in total. The van der Waals surface area contributed by atoms with E-state index in [1.165, 1.54) is 10.5 Å². The van der Waals surface area contributed by atoms with Crippen LogP contribution in [-0.2, 0) is 21.1 Å². The van der Waals surface area contributed by atoms with Crippen LogP contribution in [0.4, 0.5) is 5.69 Å². The highest BCUT2D eigenvalue weighted by Crippen LogP contribution is 2.39. The SMILES string of the molecule is O=C(NCCCCc1ccccc1)c1cc(-c2ccccc2)cc(C2N(c3ccccc3)C(=O)CS2(=O)=O)c1. The molecule has 39 heavy (non-hydrogen) atoms. The van der Waals surface area contributed by atoms with Crippen molar-refractivity contribution in [3.8, 4) is 11.1 Å². The standard InChI is InChI=1S/C32H30N2O4S/c35-30-23-39(37,38)32(34(30)29-17-8-3-9-18-29)28-21-26(25-15-6-2-7-16-25)20-27(22-28)31(36)33-19-11-10-14-24-12-4-1-5-13-24/h1-9,12-13,15-18,20-22,32H,10-11,14,19,23H2,(H,33,36). The molecule has 1 N–H and O–H groups in total. The zero-order valence-electron chi connectivity index (χ0n) is 21.5. The summed E-state index contributed by atoms with van der Waals surface area (Å²) in [5.74, 6) is -1.34. The zero-order valence-corrected chi connectivity index (χ0v) is 22.3. The molecule has 0 aliphatic carbocycles. The monoisotopic (exact) mass is 538 g/mol.